The minimum absolute atomic E-state index is 0.721. The van der Waals surface area contributed by atoms with Crippen molar-refractivity contribution in [2.45, 2.75) is 151 Å². The van der Waals surface area contributed by atoms with Gasteiger partial charge in [0.25, 0.3) is 0 Å². The van der Waals surface area contributed by atoms with Gasteiger partial charge in [0.1, 0.15) is 0 Å². The number of rotatable bonds is 16. The van der Waals surface area contributed by atoms with Crippen molar-refractivity contribution < 1.29 is 0 Å². The van der Waals surface area contributed by atoms with Gasteiger partial charge in [-0.15, -0.1) is 0 Å². The lowest BCUT2D eigenvalue weighted by Crippen LogP contribution is -2.13. The third kappa shape index (κ3) is 11.4. The predicted octanol–water partition coefficient (Wildman–Crippen LogP) is 16.0. The Morgan fingerprint density at radius 1 is 0.490 bits per heavy atom. The molecule has 0 heterocycles. The van der Waals surface area contributed by atoms with Crippen molar-refractivity contribution in [3.05, 3.63) is 128 Å². The van der Waals surface area contributed by atoms with Gasteiger partial charge in [-0.05, 0) is 158 Å². The molecule has 272 valence electrons. The number of benzene rings is 4. The molecule has 0 nitrogen and oxygen atoms in total. The summed E-state index contributed by atoms with van der Waals surface area (Å²) in [5.41, 5.74) is 8.29. The zero-order valence-corrected chi connectivity index (χ0v) is 33.6. The minimum Gasteiger partial charge on any atom is -0.0895 e. The quantitative estimate of drug-likeness (QED) is 0.103. The third-order valence-electron chi connectivity index (χ3n) is 12.1. The third-order valence-corrected chi connectivity index (χ3v) is 13.8. The van der Waals surface area contributed by atoms with E-state index >= 15 is 0 Å². The first-order valence-corrected chi connectivity index (χ1v) is 22.0. The molecule has 4 aromatic carbocycles. The Kier molecular flexibility index (Phi) is 14.9. The van der Waals surface area contributed by atoms with Crippen molar-refractivity contribution in [1.82, 2.24) is 0 Å². The number of hydrogen-bond acceptors (Lipinski definition) is 1. The summed E-state index contributed by atoms with van der Waals surface area (Å²) in [4.78, 5) is 2.52. The largest absolute Gasteiger partial charge is 0.0895 e. The van der Waals surface area contributed by atoms with E-state index < -0.39 is 0 Å². The molecule has 0 spiro atoms. The summed E-state index contributed by atoms with van der Waals surface area (Å²) >= 11 is 15.0. The molecule has 2 fully saturated rings. The molecule has 6 rings (SSSR count). The van der Waals surface area contributed by atoms with Gasteiger partial charge in [0, 0.05) is 19.8 Å². The normalized spacial score (nSPS) is 20.8. The van der Waals surface area contributed by atoms with E-state index in [1.54, 1.807) is 0 Å². The Hall–Kier alpha value is -2.19. The fraction of sp³-hybridized carbons (Fsp3) is 0.500. The SMILES string of the molecule is CCCCC[C@H]1CC[C@H](c2ccc(Cc3cc(Cl)ccc3Sc3ccc(Cl)cc3Cc3ccc([C@H]4CC[C@H](CCCCC)CC4)cc3)cc2)CC1. The van der Waals surface area contributed by atoms with Crippen LogP contribution in [0.1, 0.15) is 162 Å². The van der Waals surface area contributed by atoms with Gasteiger partial charge < -0.3 is 0 Å². The van der Waals surface area contributed by atoms with Crippen LogP contribution in [0, 0.1) is 11.8 Å². The van der Waals surface area contributed by atoms with E-state index in [9.17, 15) is 0 Å². The molecule has 2 aliphatic rings. The summed E-state index contributed by atoms with van der Waals surface area (Å²) in [7, 11) is 0. The van der Waals surface area contributed by atoms with Gasteiger partial charge in [0.2, 0.25) is 0 Å². The molecule has 0 saturated heterocycles. The fourth-order valence-corrected chi connectivity index (χ4v) is 10.3. The molecule has 0 N–H and O–H groups in total. The molecule has 0 atom stereocenters. The second-order valence-corrected chi connectivity index (χ2v) is 17.8. The van der Waals surface area contributed by atoms with Gasteiger partial charge in [-0.25, -0.2) is 0 Å². The molecular weight excluding hydrogens is 680 g/mol. The lowest BCUT2D eigenvalue weighted by atomic mass is 9.77. The molecule has 0 amide bonds. The molecule has 0 aliphatic heterocycles. The average molecular weight is 740 g/mol. The van der Waals surface area contributed by atoms with Crippen LogP contribution < -0.4 is 0 Å². The standard InChI is InChI=1S/C48H60Cl2S/c1-3-5-7-9-35-11-19-39(20-12-35)41-23-15-37(16-24-41)31-43-33-45(49)27-29-47(43)51-48-30-28-46(50)34-44(48)32-38-17-25-42(26-18-38)40-21-13-36(14-22-40)10-8-6-4-2/h15-18,23-30,33-36,39-40H,3-14,19-22,31-32H2,1-2H3/t35-,36-,39-,40-. The van der Waals surface area contributed by atoms with Gasteiger partial charge in [-0.1, -0.05) is 149 Å². The maximum Gasteiger partial charge on any atom is 0.0409 e. The number of halogens is 2. The van der Waals surface area contributed by atoms with Crippen molar-refractivity contribution in [2.24, 2.45) is 11.8 Å². The second kappa shape index (κ2) is 19.8. The first-order chi connectivity index (χ1) is 25.0. The van der Waals surface area contributed by atoms with E-state index in [0.29, 0.717) is 0 Å². The highest BCUT2D eigenvalue weighted by Gasteiger charge is 2.23. The van der Waals surface area contributed by atoms with Crippen molar-refractivity contribution in [3.63, 3.8) is 0 Å². The van der Waals surface area contributed by atoms with Gasteiger partial charge in [0.05, 0.1) is 0 Å². The van der Waals surface area contributed by atoms with Crippen molar-refractivity contribution in [2.75, 3.05) is 0 Å². The first-order valence-electron chi connectivity index (χ1n) is 20.4. The molecule has 0 aromatic heterocycles. The highest BCUT2D eigenvalue weighted by molar-refractivity contribution is 7.99. The smallest absolute Gasteiger partial charge is 0.0409 e. The summed E-state index contributed by atoms with van der Waals surface area (Å²) < 4.78 is 0. The molecule has 0 unspecified atom stereocenters. The summed E-state index contributed by atoms with van der Waals surface area (Å²) in [6.07, 6.45) is 23.9. The fourth-order valence-electron chi connectivity index (χ4n) is 8.88. The van der Waals surface area contributed by atoms with Crippen LogP contribution in [0.3, 0.4) is 0 Å². The van der Waals surface area contributed by atoms with Crippen LogP contribution in [0.15, 0.2) is 94.7 Å². The van der Waals surface area contributed by atoms with Crippen LogP contribution >= 0.6 is 35.0 Å². The Balaban J connectivity index is 1.08. The van der Waals surface area contributed by atoms with E-state index in [1.807, 2.05) is 23.9 Å². The van der Waals surface area contributed by atoms with Crippen LogP contribution in [0.2, 0.25) is 10.0 Å². The molecule has 2 saturated carbocycles. The minimum atomic E-state index is 0.721. The molecule has 4 aromatic rings. The predicted molar refractivity (Wildman–Crippen MR) is 223 cm³/mol. The van der Waals surface area contributed by atoms with Gasteiger partial charge in [-0.3, -0.25) is 0 Å². The maximum absolute atomic E-state index is 6.60. The zero-order chi connectivity index (χ0) is 35.4. The van der Waals surface area contributed by atoms with Crippen LogP contribution in [0.5, 0.6) is 0 Å². The van der Waals surface area contributed by atoms with E-state index in [4.69, 9.17) is 23.2 Å². The molecule has 0 bridgehead atoms. The van der Waals surface area contributed by atoms with Crippen LogP contribution in [-0.2, 0) is 12.8 Å². The van der Waals surface area contributed by atoms with Gasteiger partial charge >= 0.3 is 0 Å². The lowest BCUT2D eigenvalue weighted by Gasteiger charge is -2.29. The van der Waals surface area contributed by atoms with Crippen molar-refractivity contribution >= 4 is 35.0 Å². The first kappa shape index (κ1) is 38.5. The molecule has 0 radical (unpaired) electrons. The van der Waals surface area contributed by atoms with E-state index in [2.05, 4.69) is 86.6 Å². The summed E-state index contributed by atoms with van der Waals surface area (Å²) in [5.74, 6) is 3.34. The Morgan fingerprint density at radius 2 is 0.882 bits per heavy atom. The highest BCUT2D eigenvalue weighted by atomic mass is 35.5. The maximum atomic E-state index is 6.60. The zero-order valence-electron chi connectivity index (χ0n) is 31.3. The molecule has 2 aliphatic carbocycles. The van der Waals surface area contributed by atoms with E-state index in [1.165, 1.54) is 146 Å². The average Bonchev–Trinajstić information content (AvgIpc) is 3.15. The van der Waals surface area contributed by atoms with Crippen LogP contribution in [0.4, 0.5) is 0 Å². The summed E-state index contributed by atoms with van der Waals surface area (Å²) in [5, 5.41) is 1.59. The Labute approximate surface area is 324 Å². The lowest BCUT2D eigenvalue weighted by molar-refractivity contribution is 0.303. The van der Waals surface area contributed by atoms with Crippen molar-refractivity contribution in [1.29, 1.82) is 0 Å². The van der Waals surface area contributed by atoms with Crippen LogP contribution in [-0.4, -0.2) is 0 Å². The molecular formula is C48H60Cl2S. The van der Waals surface area contributed by atoms with Crippen LogP contribution in [0.25, 0.3) is 0 Å². The van der Waals surface area contributed by atoms with Crippen molar-refractivity contribution in [3.8, 4) is 0 Å². The molecule has 51 heavy (non-hydrogen) atoms. The van der Waals surface area contributed by atoms with E-state index in [0.717, 1.165) is 46.6 Å². The summed E-state index contributed by atoms with van der Waals surface area (Å²) in [6.45, 7) is 4.62. The second-order valence-electron chi connectivity index (χ2n) is 15.9. The van der Waals surface area contributed by atoms with E-state index in [-0.39, 0.29) is 0 Å². The number of hydrogen-bond donors (Lipinski definition) is 0. The Bertz CT molecular complexity index is 1500. The van der Waals surface area contributed by atoms with Gasteiger partial charge in [-0.2, -0.15) is 0 Å². The topological polar surface area (TPSA) is 0 Å². The Morgan fingerprint density at radius 3 is 1.25 bits per heavy atom. The van der Waals surface area contributed by atoms with Gasteiger partial charge in [0.15, 0.2) is 0 Å². The highest BCUT2D eigenvalue weighted by Crippen LogP contribution is 2.41. The molecule has 3 heteroatoms. The summed E-state index contributed by atoms with van der Waals surface area (Å²) in [6, 6.07) is 31.8. The monoisotopic (exact) mass is 738 g/mol. The number of unbranched alkanes of at least 4 members (excludes halogenated alkanes) is 4.